The fourth-order valence-electron chi connectivity index (χ4n) is 1.93. The third-order valence-corrected chi connectivity index (χ3v) is 5.06. The third kappa shape index (κ3) is 2.47. The fraction of sp³-hybridized carbons (Fsp3) is 0.385. The molecule has 0 aromatic heterocycles. The van der Waals surface area contributed by atoms with Gasteiger partial charge in [-0.05, 0) is 37.5 Å². The molecular formula is C13H14N2O4S. The van der Waals surface area contributed by atoms with Crippen LogP contribution in [0, 0.1) is 11.3 Å². The van der Waals surface area contributed by atoms with E-state index >= 15 is 0 Å². The number of aliphatic carboxylic acids is 1. The number of hydrogen-bond donors (Lipinski definition) is 2. The number of rotatable bonds is 5. The molecule has 20 heavy (non-hydrogen) atoms. The second kappa shape index (κ2) is 4.80. The molecule has 1 aliphatic carbocycles. The molecule has 0 saturated heterocycles. The molecule has 0 spiro atoms. The van der Waals surface area contributed by atoms with E-state index in [1.807, 2.05) is 0 Å². The molecule has 1 aromatic carbocycles. The highest BCUT2D eigenvalue weighted by Crippen LogP contribution is 2.48. The molecule has 1 saturated carbocycles. The number of sulfonamides is 1. The summed E-state index contributed by atoms with van der Waals surface area (Å²) in [5.41, 5.74) is 0.176. The van der Waals surface area contributed by atoms with Crippen LogP contribution in [-0.4, -0.2) is 24.7 Å². The highest BCUT2D eigenvalue weighted by Gasteiger charge is 2.51. The largest absolute Gasteiger partial charge is 0.481 e. The second-order valence-electron chi connectivity index (χ2n) is 4.88. The summed E-state index contributed by atoms with van der Waals surface area (Å²) in [7, 11) is -3.74. The number of anilines is 1. The van der Waals surface area contributed by atoms with E-state index in [-0.39, 0.29) is 0 Å². The number of nitriles is 1. The summed E-state index contributed by atoms with van der Waals surface area (Å²) in [6, 6.07) is 7.90. The Morgan fingerprint density at radius 1 is 1.40 bits per heavy atom. The third-order valence-electron chi connectivity index (χ3n) is 3.50. The predicted octanol–water partition coefficient (Wildman–Crippen LogP) is 1.46. The van der Waals surface area contributed by atoms with Gasteiger partial charge < -0.3 is 5.11 Å². The number of carbonyl (C=O) groups is 1. The van der Waals surface area contributed by atoms with Gasteiger partial charge in [-0.1, -0.05) is 12.1 Å². The van der Waals surface area contributed by atoms with E-state index < -0.39 is 26.7 Å². The van der Waals surface area contributed by atoms with Crippen LogP contribution in [0.4, 0.5) is 5.69 Å². The zero-order chi connectivity index (χ0) is 15.0. The Bertz CT molecular complexity index is 669. The first-order chi connectivity index (χ1) is 9.32. The molecule has 1 aromatic rings. The molecule has 0 heterocycles. The predicted molar refractivity (Wildman–Crippen MR) is 72.6 cm³/mol. The van der Waals surface area contributed by atoms with Crippen molar-refractivity contribution in [3.8, 4) is 6.07 Å². The van der Waals surface area contributed by atoms with E-state index in [1.165, 1.54) is 19.1 Å². The van der Waals surface area contributed by atoms with Crippen LogP contribution in [0.15, 0.2) is 24.3 Å². The van der Waals surface area contributed by atoms with Crippen LogP contribution in [0.25, 0.3) is 0 Å². The first kappa shape index (κ1) is 14.3. The number of hydrogen-bond acceptors (Lipinski definition) is 4. The SMILES string of the molecule is CC(C#N)S(=O)(=O)Nc1ccc(C2(C(=O)O)CC2)cc1. The van der Waals surface area contributed by atoms with Crippen LogP contribution in [0.1, 0.15) is 25.3 Å². The molecule has 1 unspecified atom stereocenters. The van der Waals surface area contributed by atoms with Crippen LogP contribution < -0.4 is 4.72 Å². The fourth-order valence-corrected chi connectivity index (χ4v) is 2.71. The van der Waals surface area contributed by atoms with Gasteiger partial charge in [-0.2, -0.15) is 5.26 Å². The summed E-state index contributed by atoms with van der Waals surface area (Å²) < 4.78 is 25.7. The minimum atomic E-state index is -3.74. The van der Waals surface area contributed by atoms with Crippen LogP contribution in [0.2, 0.25) is 0 Å². The molecule has 2 N–H and O–H groups in total. The monoisotopic (exact) mass is 294 g/mol. The molecule has 0 bridgehead atoms. The van der Waals surface area contributed by atoms with Gasteiger partial charge in [-0.15, -0.1) is 0 Å². The Morgan fingerprint density at radius 3 is 2.35 bits per heavy atom. The molecular weight excluding hydrogens is 280 g/mol. The average Bonchev–Trinajstić information content (AvgIpc) is 3.19. The van der Waals surface area contributed by atoms with Gasteiger partial charge in [0.1, 0.15) is 0 Å². The lowest BCUT2D eigenvalue weighted by Crippen LogP contribution is -2.24. The van der Waals surface area contributed by atoms with E-state index in [9.17, 15) is 18.3 Å². The van der Waals surface area contributed by atoms with E-state index in [1.54, 1.807) is 18.2 Å². The molecule has 6 nitrogen and oxygen atoms in total. The molecule has 7 heteroatoms. The zero-order valence-corrected chi connectivity index (χ0v) is 11.6. The number of carboxylic acids is 1. The van der Waals surface area contributed by atoms with Crippen molar-refractivity contribution in [2.45, 2.75) is 30.4 Å². The summed E-state index contributed by atoms with van der Waals surface area (Å²) >= 11 is 0. The zero-order valence-electron chi connectivity index (χ0n) is 10.8. The Balaban J connectivity index is 2.19. The minimum Gasteiger partial charge on any atom is -0.481 e. The van der Waals surface area contributed by atoms with Gasteiger partial charge in [0.2, 0.25) is 10.0 Å². The summed E-state index contributed by atoms with van der Waals surface area (Å²) in [4.78, 5) is 11.2. The maximum atomic E-state index is 11.7. The van der Waals surface area contributed by atoms with E-state index in [4.69, 9.17) is 5.26 Å². The second-order valence-corrected chi connectivity index (χ2v) is 6.88. The summed E-state index contributed by atoms with van der Waals surface area (Å²) in [5.74, 6) is -0.857. The molecule has 2 rings (SSSR count). The van der Waals surface area contributed by atoms with Gasteiger partial charge >= 0.3 is 5.97 Å². The van der Waals surface area contributed by atoms with Gasteiger partial charge in [0.05, 0.1) is 11.5 Å². The lowest BCUT2D eigenvalue weighted by atomic mass is 9.96. The summed E-state index contributed by atoms with van der Waals surface area (Å²) in [6.07, 6.45) is 1.19. The van der Waals surface area contributed by atoms with Gasteiger partial charge in [0, 0.05) is 5.69 Å². The van der Waals surface area contributed by atoms with Crippen molar-refractivity contribution in [1.82, 2.24) is 0 Å². The van der Waals surface area contributed by atoms with Crippen LogP contribution >= 0.6 is 0 Å². The van der Waals surface area contributed by atoms with E-state index in [2.05, 4.69) is 4.72 Å². The van der Waals surface area contributed by atoms with Crippen molar-refractivity contribution in [1.29, 1.82) is 5.26 Å². The smallest absolute Gasteiger partial charge is 0.314 e. The summed E-state index contributed by atoms with van der Waals surface area (Å²) in [6.45, 7) is 1.29. The molecule has 0 radical (unpaired) electrons. The molecule has 0 amide bonds. The first-order valence-corrected chi connectivity index (χ1v) is 7.62. The van der Waals surface area contributed by atoms with Crippen molar-refractivity contribution in [3.05, 3.63) is 29.8 Å². The van der Waals surface area contributed by atoms with Crippen LogP contribution in [0.5, 0.6) is 0 Å². The van der Waals surface area contributed by atoms with Crippen molar-refractivity contribution < 1.29 is 18.3 Å². The van der Waals surface area contributed by atoms with Gasteiger partial charge in [-0.3, -0.25) is 9.52 Å². The molecule has 1 fully saturated rings. The van der Waals surface area contributed by atoms with Gasteiger partial charge in [-0.25, -0.2) is 8.42 Å². The topological polar surface area (TPSA) is 107 Å². The maximum Gasteiger partial charge on any atom is 0.314 e. The molecule has 1 aliphatic rings. The maximum absolute atomic E-state index is 11.7. The Morgan fingerprint density at radius 2 is 1.95 bits per heavy atom. The van der Waals surface area contributed by atoms with Gasteiger partial charge in [0.15, 0.2) is 5.25 Å². The minimum absolute atomic E-state index is 0.317. The molecule has 0 aliphatic heterocycles. The van der Waals surface area contributed by atoms with Crippen molar-refractivity contribution in [3.63, 3.8) is 0 Å². The number of nitrogens with zero attached hydrogens (tertiary/aromatic N) is 1. The number of benzene rings is 1. The number of nitrogens with one attached hydrogen (secondary N) is 1. The van der Waals surface area contributed by atoms with Gasteiger partial charge in [0.25, 0.3) is 0 Å². The quantitative estimate of drug-likeness (QED) is 0.854. The Hall–Kier alpha value is -2.07. The molecule has 1 atom stereocenters. The van der Waals surface area contributed by atoms with Crippen molar-refractivity contribution >= 4 is 21.7 Å². The highest BCUT2D eigenvalue weighted by atomic mass is 32.2. The highest BCUT2D eigenvalue weighted by molar-refractivity contribution is 7.93. The van der Waals surface area contributed by atoms with Crippen molar-refractivity contribution in [2.75, 3.05) is 4.72 Å². The Labute approximate surface area is 117 Å². The first-order valence-electron chi connectivity index (χ1n) is 6.07. The van der Waals surface area contributed by atoms with Crippen molar-refractivity contribution in [2.24, 2.45) is 0 Å². The Kier molecular flexibility index (Phi) is 3.44. The van der Waals surface area contributed by atoms with Crippen LogP contribution in [-0.2, 0) is 20.2 Å². The van der Waals surface area contributed by atoms with Crippen LogP contribution in [0.3, 0.4) is 0 Å². The van der Waals surface area contributed by atoms with E-state index in [0.29, 0.717) is 24.1 Å². The van der Waals surface area contributed by atoms with E-state index in [0.717, 1.165) is 0 Å². The lowest BCUT2D eigenvalue weighted by Gasteiger charge is -2.12. The lowest BCUT2D eigenvalue weighted by molar-refractivity contribution is -0.140. The number of carboxylic acid groups (broad SMARTS) is 1. The standard InChI is InChI=1S/C13H14N2O4S/c1-9(8-14)20(18,19)15-11-4-2-10(3-5-11)13(6-7-13)12(16)17/h2-5,9,15H,6-7H2,1H3,(H,16,17). The summed E-state index contributed by atoms with van der Waals surface area (Å²) in [5, 5.41) is 16.6. The normalized spacial score (nSPS) is 17.8. The average molecular weight is 294 g/mol. The molecule has 106 valence electrons.